The van der Waals surface area contributed by atoms with Gasteiger partial charge in [-0.2, -0.15) is 9.40 Å². The van der Waals surface area contributed by atoms with Crippen LogP contribution in [-0.4, -0.2) is 89.1 Å². The van der Waals surface area contributed by atoms with Gasteiger partial charge in [-0.15, -0.1) is 0 Å². The monoisotopic (exact) mass is 498 g/mol. The van der Waals surface area contributed by atoms with Crippen molar-refractivity contribution in [1.82, 2.24) is 29.0 Å². The fraction of sp³-hybridized carbons (Fsp3) is 0.478. The smallest absolute Gasteiger partial charge is 0.243 e. The number of fused-ring (bicyclic) bond motifs is 1. The largest absolute Gasteiger partial charge is 0.353 e. The minimum absolute atomic E-state index is 0.123. The molecule has 0 atom stereocenters. The number of benzene rings is 1. The summed E-state index contributed by atoms with van der Waals surface area (Å²) in [6.07, 6.45) is 6.21. The highest BCUT2D eigenvalue weighted by molar-refractivity contribution is 7.89. The predicted molar refractivity (Wildman–Crippen MR) is 133 cm³/mol. The van der Waals surface area contributed by atoms with E-state index in [9.17, 15) is 13.2 Å². The number of hydrogen-bond donors (Lipinski definition) is 1. The third-order valence-corrected chi connectivity index (χ3v) is 8.55. The van der Waals surface area contributed by atoms with Gasteiger partial charge in [0.05, 0.1) is 23.0 Å². The lowest BCUT2D eigenvalue weighted by Crippen LogP contribution is -2.49. The van der Waals surface area contributed by atoms with Crippen LogP contribution in [-0.2, 0) is 21.9 Å². The number of carbonyl (C=O) groups excluding carboxylic acids is 1. The molecule has 0 radical (unpaired) electrons. The van der Waals surface area contributed by atoms with E-state index in [1.165, 1.54) is 0 Å². The lowest BCUT2D eigenvalue weighted by Gasteiger charge is -2.35. The molecule has 3 aromatic rings. The van der Waals surface area contributed by atoms with Crippen molar-refractivity contribution in [3.63, 3.8) is 0 Å². The molecule has 2 aliphatic rings. The van der Waals surface area contributed by atoms with Gasteiger partial charge >= 0.3 is 0 Å². The summed E-state index contributed by atoms with van der Waals surface area (Å²) < 4.78 is 28.9. The van der Waals surface area contributed by atoms with Crippen molar-refractivity contribution in [2.75, 3.05) is 56.0 Å². The van der Waals surface area contributed by atoms with Crippen LogP contribution < -0.4 is 10.2 Å². The zero-order valence-electron chi connectivity index (χ0n) is 19.8. The van der Waals surface area contributed by atoms with Gasteiger partial charge in [0.2, 0.25) is 15.9 Å². The molecule has 186 valence electrons. The number of hydrogen-bond acceptors (Lipinski definition) is 8. The van der Waals surface area contributed by atoms with E-state index in [2.05, 4.69) is 30.2 Å². The zero-order chi connectivity index (χ0) is 24.4. The SMILES string of the molecule is Cn1ncc2c(N3CCN(CC(=O)Nc4ccc(S(=O)(=O)N5CCCCC5)cc4)CC3)ncnc21. The molecule has 2 aromatic heterocycles. The second-order valence-corrected chi connectivity index (χ2v) is 10.9. The summed E-state index contributed by atoms with van der Waals surface area (Å²) in [6, 6.07) is 6.44. The van der Waals surface area contributed by atoms with Gasteiger partial charge in [-0.05, 0) is 37.1 Å². The minimum Gasteiger partial charge on any atom is -0.353 e. The summed E-state index contributed by atoms with van der Waals surface area (Å²) in [4.78, 5) is 25.9. The Hall–Kier alpha value is -3.09. The Morgan fingerprint density at radius 2 is 1.69 bits per heavy atom. The van der Waals surface area contributed by atoms with E-state index >= 15 is 0 Å². The van der Waals surface area contributed by atoms with Crippen molar-refractivity contribution in [2.45, 2.75) is 24.2 Å². The Kier molecular flexibility index (Phi) is 6.67. The number of aryl methyl sites for hydroxylation is 1. The van der Waals surface area contributed by atoms with E-state index in [4.69, 9.17) is 0 Å². The molecule has 2 aliphatic heterocycles. The molecule has 1 N–H and O–H groups in total. The van der Waals surface area contributed by atoms with Gasteiger partial charge in [-0.3, -0.25) is 14.4 Å². The van der Waals surface area contributed by atoms with Gasteiger partial charge in [-0.25, -0.2) is 18.4 Å². The molecular formula is C23H30N8O3S. The molecular weight excluding hydrogens is 468 g/mol. The highest BCUT2D eigenvalue weighted by Crippen LogP contribution is 2.24. The van der Waals surface area contributed by atoms with Crippen molar-refractivity contribution in [2.24, 2.45) is 7.05 Å². The quantitative estimate of drug-likeness (QED) is 0.541. The van der Waals surface area contributed by atoms with Crippen LogP contribution in [0.4, 0.5) is 11.5 Å². The maximum absolute atomic E-state index is 12.8. The number of carbonyl (C=O) groups is 1. The molecule has 5 rings (SSSR count). The third kappa shape index (κ3) is 5.00. The molecule has 0 saturated carbocycles. The number of piperidine rings is 1. The van der Waals surface area contributed by atoms with Gasteiger partial charge < -0.3 is 10.2 Å². The lowest BCUT2D eigenvalue weighted by molar-refractivity contribution is -0.117. The van der Waals surface area contributed by atoms with E-state index in [0.29, 0.717) is 18.8 Å². The maximum Gasteiger partial charge on any atom is 0.243 e. The average Bonchev–Trinajstić information content (AvgIpc) is 3.26. The molecule has 35 heavy (non-hydrogen) atoms. The average molecular weight is 499 g/mol. The Labute approximate surface area is 204 Å². The standard InChI is InChI=1S/C23H30N8O3S/c1-28-22-20(15-26-28)23(25-17-24-22)30-13-11-29(12-14-30)16-21(32)27-18-5-7-19(8-6-18)35(33,34)31-9-3-2-4-10-31/h5-8,15,17H,2-4,9-14,16H2,1H3,(H,27,32). The van der Waals surface area contributed by atoms with Crippen molar-refractivity contribution < 1.29 is 13.2 Å². The normalized spacial score (nSPS) is 18.1. The first-order valence-electron chi connectivity index (χ1n) is 11.9. The molecule has 1 aromatic carbocycles. The topological polar surface area (TPSA) is 117 Å². The molecule has 11 nitrogen and oxygen atoms in total. The first-order chi connectivity index (χ1) is 16.9. The molecule has 1 amide bonds. The first kappa shape index (κ1) is 23.6. The number of rotatable bonds is 6. The van der Waals surface area contributed by atoms with Crippen LogP contribution in [0.5, 0.6) is 0 Å². The van der Waals surface area contributed by atoms with E-state index in [-0.39, 0.29) is 17.3 Å². The zero-order valence-corrected chi connectivity index (χ0v) is 20.6. The fourth-order valence-corrected chi connectivity index (χ4v) is 6.20. The van der Waals surface area contributed by atoms with E-state index in [1.807, 2.05) is 7.05 Å². The van der Waals surface area contributed by atoms with E-state index in [0.717, 1.165) is 62.3 Å². The summed E-state index contributed by atoms with van der Waals surface area (Å²) in [6.45, 7) is 4.36. The van der Waals surface area contributed by atoms with Gasteiger partial charge in [0.1, 0.15) is 12.1 Å². The maximum atomic E-state index is 12.8. The van der Waals surface area contributed by atoms with Crippen molar-refractivity contribution in [3.8, 4) is 0 Å². The Morgan fingerprint density at radius 1 is 0.971 bits per heavy atom. The molecule has 0 aliphatic carbocycles. The summed E-state index contributed by atoms with van der Waals surface area (Å²) >= 11 is 0. The van der Waals surface area contributed by atoms with Crippen LogP contribution in [0.1, 0.15) is 19.3 Å². The highest BCUT2D eigenvalue weighted by atomic mass is 32.2. The van der Waals surface area contributed by atoms with Crippen molar-refractivity contribution >= 4 is 38.5 Å². The highest BCUT2D eigenvalue weighted by Gasteiger charge is 2.26. The summed E-state index contributed by atoms with van der Waals surface area (Å²) in [5, 5.41) is 8.08. The number of nitrogens with zero attached hydrogens (tertiary/aromatic N) is 7. The number of sulfonamides is 1. The Morgan fingerprint density at radius 3 is 2.40 bits per heavy atom. The third-order valence-electron chi connectivity index (χ3n) is 6.64. The van der Waals surface area contributed by atoms with E-state index in [1.54, 1.807) is 45.8 Å². The Bertz CT molecular complexity index is 1290. The van der Waals surface area contributed by atoms with Crippen LogP contribution in [0.2, 0.25) is 0 Å². The van der Waals surface area contributed by atoms with Gasteiger partial charge in [0.15, 0.2) is 5.65 Å². The molecule has 4 heterocycles. The first-order valence-corrected chi connectivity index (χ1v) is 13.4. The number of piperazine rings is 1. The van der Waals surface area contributed by atoms with Crippen LogP contribution in [0.15, 0.2) is 41.7 Å². The molecule has 2 saturated heterocycles. The van der Waals surface area contributed by atoms with Gasteiger partial charge in [0, 0.05) is 52.0 Å². The van der Waals surface area contributed by atoms with Crippen LogP contribution >= 0.6 is 0 Å². The molecule has 0 unspecified atom stereocenters. The molecule has 12 heteroatoms. The summed E-state index contributed by atoms with van der Waals surface area (Å²) in [5.74, 6) is 0.744. The summed E-state index contributed by atoms with van der Waals surface area (Å²) in [7, 11) is -1.62. The van der Waals surface area contributed by atoms with Gasteiger partial charge in [-0.1, -0.05) is 6.42 Å². The fourth-order valence-electron chi connectivity index (χ4n) is 4.69. The second-order valence-electron chi connectivity index (χ2n) is 9.00. The minimum atomic E-state index is -3.48. The van der Waals surface area contributed by atoms with Crippen molar-refractivity contribution in [3.05, 3.63) is 36.8 Å². The Balaban J connectivity index is 1.14. The predicted octanol–water partition coefficient (Wildman–Crippen LogP) is 1.30. The molecule has 0 spiro atoms. The van der Waals surface area contributed by atoms with Crippen LogP contribution in [0, 0.1) is 0 Å². The number of amides is 1. The van der Waals surface area contributed by atoms with Gasteiger partial charge in [0.25, 0.3) is 0 Å². The molecule has 0 bridgehead atoms. The number of anilines is 2. The second kappa shape index (κ2) is 9.88. The van der Waals surface area contributed by atoms with E-state index < -0.39 is 10.0 Å². The van der Waals surface area contributed by atoms with Crippen molar-refractivity contribution in [1.29, 1.82) is 0 Å². The summed E-state index contributed by atoms with van der Waals surface area (Å²) in [5.41, 5.74) is 1.39. The number of aromatic nitrogens is 4. The van der Waals surface area contributed by atoms with Crippen LogP contribution in [0.25, 0.3) is 11.0 Å². The lowest BCUT2D eigenvalue weighted by atomic mass is 10.2. The molecule has 2 fully saturated rings. The van der Waals surface area contributed by atoms with Crippen LogP contribution in [0.3, 0.4) is 0 Å². The number of nitrogens with one attached hydrogen (secondary N) is 1.